The number of benzene rings is 17. The molecule has 0 unspecified atom stereocenters. The molecule has 0 N–H and O–H groups in total. The van der Waals surface area contributed by atoms with Gasteiger partial charge in [0.25, 0.3) is 0 Å². The molecule has 0 fully saturated rings. The zero-order chi connectivity index (χ0) is 72.4. The molecule has 0 bridgehead atoms. The molecule has 510 valence electrons. The first-order valence-electron chi connectivity index (χ1n) is 37.3. The van der Waals surface area contributed by atoms with Gasteiger partial charge in [-0.15, -0.1) is 0 Å². The third-order valence-electron chi connectivity index (χ3n) is 22.2. The zero-order valence-electron chi connectivity index (χ0n) is 59.6. The first kappa shape index (κ1) is 64.3. The minimum atomic E-state index is -2.61. The van der Waals surface area contributed by atoms with Crippen molar-refractivity contribution >= 4 is 116 Å². The molecule has 0 atom stereocenters. The van der Waals surface area contributed by atoms with Crippen LogP contribution in [0.4, 0.5) is 0 Å². The summed E-state index contributed by atoms with van der Waals surface area (Å²) in [5, 5.41) is 24.7. The average Bonchev–Trinajstić information content (AvgIpc) is 1.59. The van der Waals surface area contributed by atoms with Crippen molar-refractivity contribution in [1.82, 2.24) is 18.3 Å². The molecule has 0 aliphatic rings. The number of aromatic nitrogens is 4. The van der Waals surface area contributed by atoms with Crippen LogP contribution < -0.4 is 20.7 Å². The molecule has 109 heavy (non-hydrogen) atoms. The lowest BCUT2D eigenvalue weighted by molar-refractivity contribution is 1.18. The monoisotopic (exact) mass is 1400 g/mol. The third kappa shape index (κ3) is 11.0. The minimum Gasteiger partial charge on any atom is -0.309 e. The van der Waals surface area contributed by atoms with Crippen LogP contribution in [0.2, 0.25) is 0 Å². The van der Waals surface area contributed by atoms with E-state index in [0.717, 1.165) is 22.5 Å². The maximum absolute atomic E-state index is 9.24. The highest BCUT2D eigenvalue weighted by molar-refractivity contribution is 7.19. The van der Waals surface area contributed by atoms with Gasteiger partial charge in [-0.25, -0.2) is 0 Å². The van der Waals surface area contributed by atoms with E-state index in [4.69, 9.17) is 0 Å². The van der Waals surface area contributed by atoms with E-state index in [1.165, 1.54) is 153 Å². The molecule has 0 amide bonds. The van der Waals surface area contributed by atoms with Crippen LogP contribution in [0, 0.1) is 11.3 Å². The molecule has 6 heteroatoms. The highest BCUT2D eigenvalue weighted by Crippen LogP contribution is 2.42. The fourth-order valence-corrected chi connectivity index (χ4v) is 22.0. The molecule has 5 nitrogen and oxygen atoms in total. The van der Waals surface area contributed by atoms with E-state index in [9.17, 15) is 5.26 Å². The predicted molar refractivity (Wildman–Crippen MR) is 460 cm³/mol. The Kier molecular flexibility index (Phi) is 15.9. The highest BCUT2D eigenvalue weighted by Gasteiger charge is 2.41. The van der Waals surface area contributed by atoms with Crippen molar-refractivity contribution in [2.75, 3.05) is 0 Å². The van der Waals surface area contributed by atoms with Gasteiger partial charge in [-0.3, -0.25) is 0 Å². The maximum atomic E-state index is 9.24. The van der Waals surface area contributed by atoms with Gasteiger partial charge < -0.3 is 18.3 Å². The predicted octanol–water partition coefficient (Wildman–Crippen LogP) is 23.7. The summed E-state index contributed by atoms with van der Waals surface area (Å²) in [7, 11) is -2.61. The standard InChI is InChI=1S/C60H42N2Si.C43H27N3/c1-5-19-47(20-6-1)61-57-30-15-13-28-53(57)55-41-45(34-38-59(55)61)46-35-39-60-56(42-46)54-29-14-16-31-58(54)62(60)48-21-17-18-44(40-48)43-32-36-52(37-33-43)63(49-22-7-2-8-23-49,50-24-9-3-10-25-50)51-26-11-4-12-27-51;44-28-29-17-19-30(20-18-29)31-9-8-12-35(25-31)46-41-16-7-5-14-37(41)39-27-33(22-24-43(39)46)32-21-23-42-38(26-32)36-13-4-6-15-40(36)45(42)34-10-2-1-3-11-34/h1-42H;1-27H. The Balaban J connectivity index is 0.000000150. The zero-order valence-corrected chi connectivity index (χ0v) is 60.6. The van der Waals surface area contributed by atoms with Gasteiger partial charge >= 0.3 is 0 Å². The number of nitrogens with zero attached hydrogens (tertiary/aromatic N) is 5. The van der Waals surface area contributed by atoms with Crippen LogP contribution in [-0.2, 0) is 0 Å². The van der Waals surface area contributed by atoms with Crippen molar-refractivity contribution in [2.45, 2.75) is 0 Å². The van der Waals surface area contributed by atoms with E-state index in [-0.39, 0.29) is 0 Å². The molecule has 0 aliphatic carbocycles. The van der Waals surface area contributed by atoms with Crippen molar-refractivity contribution in [3.05, 3.63) is 424 Å². The molecule has 0 radical (unpaired) electrons. The van der Waals surface area contributed by atoms with Gasteiger partial charge in [0.15, 0.2) is 8.07 Å². The highest BCUT2D eigenvalue weighted by atomic mass is 28.3. The van der Waals surface area contributed by atoms with Crippen molar-refractivity contribution in [1.29, 1.82) is 5.26 Å². The summed E-state index contributed by atoms with van der Waals surface area (Å²) in [6.07, 6.45) is 0. The Labute approximate surface area is 632 Å². The second kappa shape index (κ2) is 27.0. The Bertz CT molecular complexity index is 6970. The first-order valence-corrected chi connectivity index (χ1v) is 39.3. The normalized spacial score (nSPS) is 11.7. The summed E-state index contributed by atoms with van der Waals surface area (Å²) in [6, 6.07) is 154. The summed E-state index contributed by atoms with van der Waals surface area (Å²) in [5.41, 5.74) is 24.2. The van der Waals surface area contributed by atoms with Gasteiger partial charge in [0.05, 0.1) is 55.8 Å². The largest absolute Gasteiger partial charge is 0.309 e. The summed E-state index contributed by atoms with van der Waals surface area (Å²) in [5.74, 6) is 0. The van der Waals surface area contributed by atoms with Crippen LogP contribution >= 0.6 is 0 Å². The average molecular weight is 1400 g/mol. The summed E-state index contributed by atoms with van der Waals surface area (Å²) in [4.78, 5) is 0. The van der Waals surface area contributed by atoms with Crippen LogP contribution in [0.15, 0.2) is 419 Å². The molecule has 17 aromatic carbocycles. The maximum Gasteiger partial charge on any atom is 0.179 e. The lowest BCUT2D eigenvalue weighted by Crippen LogP contribution is -2.74. The number of hydrogen-bond donors (Lipinski definition) is 0. The van der Waals surface area contributed by atoms with Crippen LogP contribution in [0.1, 0.15) is 5.56 Å². The van der Waals surface area contributed by atoms with Crippen LogP contribution in [-0.4, -0.2) is 26.3 Å². The molecule has 0 saturated carbocycles. The Morgan fingerprint density at radius 3 is 0.734 bits per heavy atom. The molecular weight excluding hydrogens is 1340 g/mol. The van der Waals surface area contributed by atoms with Crippen molar-refractivity contribution < 1.29 is 0 Å². The van der Waals surface area contributed by atoms with Crippen LogP contribution in [0.5, 0.6) is 0 Å². The second-order valence-electron chi connectivity index (χ2n) is 28.2. The van der Waals surface area contributed by atoms with Gasteiger partial charge in [-0.05, 0) is 199 Å². The number of para-hydroxylation sites is 6. The lowest BCUT2D eigenvalue weighted by atomic mass is 10.0. The number of hydrogen-bond acceptors (Lipinski definition) is 1. The number of nitriles is 1. The molecule has 0 aliphatic heterocycles. The Morgan fingerprint density at radius 2 is 0.413 bits per heavy atom. The Morgan fingerprint density at radius 1 is 0.174 bits per heavy atom. The van der Waals surface area contributed by atoms with Gasteiger partial charge in [0.1, 0.15) is 0 Å². The van der Waals surface area contributed by atoms with E-state index in [2.05, 4.69) is 419 Å². The van der Waals surface area contributed by atoms with E-state index in [1.807, 2.05) is 24.3 Å². The van der Waals surface area contributed by atoms with Gasteiger partial charge in [-0.2, -0.15) is 5.26 Å². The summed E-state index contributed by atoms with van der Waals surface area (Å²) >= 11 is 0. The van der Waals surface area contributed by atoms with Crippen LogP contribution in [0.25, 0.3) is 154 Å². The second-order valence-corrected chi connectivity index (χ2v) is 32.0. The molecular formula is C103H69N5Si. The number of rotatable bonds is 12. The van der Waals surface area contributed by atoms with Crippen molar-refractivity contribution in [3.63, 3.8) is 0 Å². The van der Waals surface area contributed by atoms with E-state index in [0.29, 0.717) is 5.56 Å². The molecule has 21 rings (SSSR count). The van der Waals surface area contributed by atoms with Crippen molar-refractivity contribution in [3.8, 4) is 73.3 Å². The fraction of sp³-hybridized carbons (Fsp3) is 0. The summed E-state index contributed by atoms with van der Waals surface area (Å²) in [6.45, 7) is 0. The fourth-order valence-electron chi connectivity index (χ4n) is 17.2. The smallest absolute Gasteiger partial charge is 0.179 e. The van der Waals surface area contributed by atoms with Crippen molar-refractivity contribution in [2.24, 2.45) is 0 Å². The van der Waals surface area contributed by atoms with Gasteiger partial charge in [0, 0.05) is 65.8 Å². The van der Waals surface area contributed by atoms with Gasteiger partial charge in [0.2, 0.25) is 0 Å². The number of fused-ring (bicyclic) bond motifs is 12. The van der Waals surface area contributed by atoms with E-state index < -0.39 is 8.07 Å². The first-order chi connectivity index (χ1) is 54.0. The van der Waals surface area contributed by atoms with Crippen LogP contribution in [0.3, 0.4) is 0 Å². The minimum absolute atomic E-state index is 0.666. The van der Waals surface area contributed by atoms with E-state index >= 15 is 0 Å². The Hall–Kier alpha value is -14.4. The quantitative estimate of drug-likeness (QED) is 0.0888. The third-order valence-corrected chi connectivity index (χ3v) is 27.0. The topological polar surface area (TPSA) is 43.5 Å². The molecule has 0 spiro atoms. The molecule has 4 aromatic heterocycles. The van der Waals surface area contributed by atoms with E-state index in [1.54, 1.807) is 0 Å². The SMILES string of the molecule is N#Cc1ccc(-c2cccc(-n3c4ccccc4c4cc(-c5ccc6c(c5)c5ccccc5n6-c5ccccc5)ccc43)c2)cc1.c1ccc(-n2c3ccccc3c3cc(-c4ccc5c(c4)c4ccccc4n5-c4cccc(-c5ccc([Si](c6ccccc6)(c6ccccc6)c6ccccc6)cc5)c4)ccc32)cc1. The molecule has 0 saturated heterocycles. The van der Waals surface area contributed by atoms with Gasteiger partial charge in [-0.1, -0.05) is 285 Å². The summed E-state index contributed by atoms with van der Waals surface area (Å²) < 4.78 is 9.53. The lowest BCUT2D eigenvalue weighted by Gasteiger charge is -2.34. The molecule has 4 heterocycles. The molecule has 21 aromatic rings.